The van der Waals surface area contributed by atoms with Crippen LogP contribution in [0.15, 0.2) is 18.2 Å². The molecule has 2 rings (SSSR count). The molecule has 1 aromatic carbocycles. The summed E-state index contributed by atoms with van der Waals surface area (Å²) in [6.07, 6.45) is 0. The molecule has 1 heterocycles. The molecular formula is C13H19FN2S. The van der Waals surface area contributed by atoms with Crippen LogP contribution in [0.25, 0.3) is 0 Å². The minimum atomic E-state index is -0.118. The second-order valence-electron chi connectivity index (χ2n) is 4.55. The highest BCUT2D eigenvalue weighted by molar-refractivity contribution is 7.99. The Bertz CT molecular complexity index is 384. The molecule has 1 aromatic rings. The van der Waals surface area contributed by atoms with Gasteiger partial charge in [0, 0.05) is 42.7 Å². The maximum absolute atomic E-state index is 13.7. The smallest absolute Gasteiger partial charge is 0.127 e. The van der Waals surface area contributed by atoms with E-state index in [0.29, 0.717) is 18.3 Å². The summed E-state index contributed by atoms with van der Waals surface area (Å²) in [6.45, 7) is 5.48. The third-order valence-electron chi connectivity index (χ3n) is 3.06. The van der Waals surface area contributed by atoms with Gasteiger partial charge in [-0.05, 0) is 11.6 Å². The predicted molar refractivity (Wildman–Crippen MR) is 71.5 cm³/mol. The highest BCUT2D eigenvalue weighted by atomic mass is 32.2. The highest BCUT2D eigenvalue weighted by Gasteiger charge is 2.17. The van der Waals surface area contributed by atoms with Gasteiger partial charge in [-0.3, -0.25) is 4.90 Å². The molecule has 2 N–H and O–H groups in total. The van der Waals surface area contributed by atoms with Crippen LogP contribution in [0.1, 0.15) is 18.1 Å². The maximum atomic E-state index is 13.7. The largest absolute Gasteiger partial charge is 0.326 e. The zero-order chi connectivity index (χ0) is 12.3. The van der Waals surface area contributed by atoms with E-state index in [9.17, 15) is 4.39 Å². The average Bonchev–Trinajstić information content (AvgIpc) is 2.32. The lowest BCUT2D eigenvalue weighted by Gasteiger charge is -2.30. The van der Waals surface area contributed by atoms with E-state index < -0.39 is 0 Å². The number of nitrogens with zero attached hydrogens (tertiary/aromatic N) is 1. The van der Waals surface area contributed by atoms with Gasteiger partial charge in [0.15, 0.2) is 0 Å². The SMILES string of the molecule is CC1CN(Cc2cc(CN)ccc2F)CCS1. The van der Waals surface area contributed by atoms with Crippen LogP contribution in [0.3, 0.4) is 0 Å². The highest BCUT2D eigenvalue weighted by Crippen LogP contribution is 2.20. The van der Waals surface area contributed by atoms with Crippen LogP contribution >= 0.6 is 11.8 Å². The molecule has 0 saturated carbocycles. The van der Waals surface area contributed by atoms with E-state index in [-0.39, 0.29) is 5.82 Å². The molecule has 1 unspecified atom stereocenters. The molecule has 1 atom stereocenters. The lowest BCUT2D eigenvalue weighted by Crippen LogP contribution is -2.36. The molecule has 0 aliphatic carbocycles. The molecule has 1 fully saturated rings. The molecule has 0 aromatic heterocycles. The van der Waals surface area contributed by atoms with Crippen LogP contribution in [0.2, 0.25) is 0 Å². The van der Waals surface area contributed by atoms with Crippen molar-refractivity contribution in [3.8, 4) is 0 Å². The second-order valence-corrected chi connectivity index (χ2v) is 6.09. The second kappa shape index (κ2) is 5.85. The molecule has 1 saturated heterocycles. The molecule has 94 valence electrons. The Balaban J connectivity index is 2.06. The Hall–Kier alpha value is -0.580. The van der Waals surface area contributed by atoms with Crippen molar-refractivity contribution in [3.05, 3.63) is 35.1 Å². The third kappa shape index (κ3) is 3.44. The van der Waals surface area contributed by atoms with Gasteiger partial charge in [-0.15, -0.1) is 0 Å². The van der Waals surface area contributed by atoms with Crippen molar-refractivity contribution in [2.24, 2.45) is 5.73 Å². The first-order valence-electron chi connectivity index (χ1n) is 6.00. The van der Waals surface area contributed by atoms with Crippen LogP contribution in [0, 0.1) is 5.82 Å². The number of hydrogen-bond acceptors (Lipinski definition) is 3. The van der Waals surface area contributed by atoms with Crippen molar-refractivity contribution >= 4 is 11.8 Å². The number of benzene rings is 1. The third-order valence-corrected chi connectivity index (χ3v) is 4.20. The zero-order valence-corrected chi connectivity index (χ0v) is 11.0. The number of thioether (sulfide) groups is 1. The number of rotatable bonds is 3. The van der Waals surface area contributed by atoms with Crippen molar-refractivity contribution in [1.29, 1.82) is 0 Å². The topological polar surface area (TPSA) is 29.3 Å². The average molecular weight is 254 g/mol. The van der Waals surface area contributed by atoms with Gasteiger partial charge in [-0.25, -0.2) is 4.39 Å². The van der Waals surface area contributed by atoms with Gasteiger partial charge in [0.05, 0.1) is 0 Å². The lowest BCUT2D eigenvalue weighted by molar-refractivity contribution is 0.274. The lowest BCUT2D eigenvalue weighted by atomic mass is 10.1. The summed E-state index contributed by atoms with van der Waals surface area (Å²) >= 11 is 1.99. The van der Waals surface area contributed by atoms with Crippen LogP contribution in [0.5, 0.6) is 0 Å². The summed E-state index contributed by atoms with van der Waals surface area (Å²) in [6, 6.07) is 5.18. The zero-order valence-electron chi connectivity index (χ0n) is 10.2. The molecular weight excluding hydrogens is 235 g/mol. The van der Waals surface area contributed by atoms with E-state index in [2.05, 4.69) is 11.8 Å². The van der Waals surface area contributed by atoms with Crippen molar-refractivity contribution in [1.82, 2.24) is 4.90 Å². The van der Waals surface area contributed by atoms with Crippen LogP contribution in [-0.4, -0.2) is 29.0 Å². The summed E-state index contributed by atoms with van der Waals surface area (Å²) in [4.78, 5) is 2.32. The molecule has 0 spiro atoms. The molecule has 0 bridgehead atoms. The molecule has 2 nitrogen and oxygen atoms in total. The van der Waals surface area contributed by atoms with E-state index in [1.54, 1.807) is 6.07 Å². The van der Waals surface area contributed by atoms with Crippen molar-refractivity contribution in [3.63, 3.8) is 0 Å². The fourth-order valence-corrected chi connectivity index (χ4v) is 3.23. The Labute approximate surface area is 106 Å². The quantitative estimate of drug-likeness (QED) is 0.897. The summed E-state index contributed by atoms with van der Waals surface area (Å²) in [5.41, 5.74) is 7.36. The summed E-state index contributed by atoms with van der Waals surface area (Å²) in [5.74, 6) is 1.02. The Kier molecular flexibility index (Phi) is 4.42. The van der Waals surface area contributed by atoms with Gasteiger partial charge in [0.1, 0.15) is 5.82 Å². The minimum absolute atomic E-state index is 0.118. The van der Waals surface area contributed by atoms with Crippen molar-refractivity contribution in [2.45, 2.75) is 25.3 Å². The van der Waals surface area contributed by atoms with Gasteiger partial charge >= 0.3 is 0 Å². The predicted octanol–water partition coefficient (Wildman–Crippen LogP) is 2.22. The number of nitrogens with two attached hydrogens (primary N) is 1. The van der Waals surface area contributed by atoms with Crippen molar-refractivity contribution in [2.75, 3.05) is 18.8 Å². The summed E-state index contributed by atoms with van der Waals surface area (Å²) in [5, 5.41) is 0.643. The van der Waals surface area contributed by atoms with E-state index in [1.165, 1.54) is 6.07 Å². The standard InChI is InChI=1S/C13H19FN2S/c1-10-8-16(4-5-17-10)9-12-6-11(7-15)2-3-13(12)14/h2-3,6,10H,4-5,7-9,15H2,1H3. The van der Waals surface area contributed by atoms with E-state index in [0.717, 1.165) is 30.0 Å². The van der Waals surface area contributed by atoms with E-state index in [4.69, 9.17) is 5.73 Å². The van der Waals surface area contributed by atoms with Gasteiger partial charge in [-0.2, -0.15) is 11.8 Å². The Morgan fingerprint density at radius 3 is 3.06 bits per heavy atom. The van der Waals surface area contributed by atoms with Crippen molar-refractivity contribution < 1.29 is 4.39 Å². The molecule has 17 heavy (non-hydrogen) atoms. The fraction of sp³-hybridized carbons (Fsp3) is 0.538. The van der Waals surface area contributed by atoms with Gasteiger partial charge in [0.2, 0.25) is 0 Å². The molecule has 1 aliphatic rings. The first-order chi connectivity index (χ1) is 8.19. The first kappa shape index (κ1) is 12.9. The van der Waals surface area contributed by atoms with E-state index in [1.807, 2.05) is 17.8 Å². The normalized spacial score (nSPS) is 21.7. The monoisotopic (exact) mass is 254 g/mol. The fourth-order valence-electron chi connectivity index (χ4n) is 2.15. The molecule has 1 aliphatic heterocycles. The van der Waals surface area contributed by atoms with Gasteiger partial charge < -0.3 is 5.73 Å². The van der Waals surface area contributed by atoms with Gasteiger partial charge in [-0.1, -0.05) is 19.1 Å². The first-order valence-corrected chi connectivity index (χ1v) is 7.05. The molecule has 4 heteroatoms. The molecule has 0 amide bonds. The maximum Gasteiger partial charge on any atom is 0.127 e. The molecule has 0 radical (unpaired) electrons. The summed E-state index contributed by atoms with van der Waals surface area (Å²) in [7, 11) is 0. The van der Waals surface area contributed by atoms with Crippen LogP contribution < -0.4 is 5.73 Å². The minimum Gasteiger partial charge on any atom is -0.326 e. The van der Waals surface area contributed by atoms with Crippen LogP contribution in [0.4, 0.5) is 4.39 Å². The number of halogens is 1. The number of hydrogen-bond donors (Lipinski definition) is 1. The van der Waals surface area contributed by atoms with E-state index >= 15 is 0 Å². The van der Waals surface area contributed by atoms with Crippen LogP contribution in [-0.2, 0) is 13.1 Å². The van der Waals surface area contributed by atoms with Gasteiger partial charge in [0.25, 0.3) is 0 Å². The Morgan fingerprint density at radius 1 is 1.53 bits per heavy atom. The Morgan fingerprint density at radius 2 is 2.35 bits per heavy atom. The summed E-state index contributed by atoms with van der Waals surface area (Å²) < 4.78 is 13.7.